The fourth-order valence-corrected chi connectivity index (χ4v) is 3.64. The van der Waals surface area contributed by atoms with Gasteiger partial charge in [0.25, 0.3) is 0 Å². The van der Waals surface area contributed by atoms with Crippen molar-refractivity contribution in [2.75, 3.05) is 18.2 Å². The fraction of sp³-hybridized carbons (Fsp3) is 0.238. The van der Waals surface area contributed by atoms with Gasteiger partial charge in [-0.05, 0) is 37.6 Å². The Balaban J connectivity index is 1.52. The van der Waals surface area contributed by atoms with Crippen LogP contribution in [0.25, 0.3) is 5.69 Å². The van der Waals surface area contributed by atoms with E-state index in [0.29, 0.717) is 29.8 Å². The second kappa shape index (κ2) is 9.88. The van der Waals surface area contributed by atoms with Gasteiger partial charge >= 0.3 is 0 Å². The lowest BCUT2D eigenvalue weighted by atomic mass is 10.1. The van der Waals surface area contributed by atoms with Gasteiger partial charge in [-0.15, -0.1) is 10.2 Å². The Morgan fingerprint density at radius 3 is 2.79 bits per heavy atom. The summed E-state index contributed by atoms with van der Waals surface area (Å²) in [4.78, 5) is 23.9. The summed E-state index contributed by atoms with van der Waals surface area (Å²) in [5.41, 5.74) is 1.98. The van der Waals surface area contributed by atoms with Crippen LogP contribution in [0.15, 0.2) is 60.0 Å². The lowest BCUT2D eigenvalue weighted by Gasteiger charge is -2.09. The molecule has 0 aliphatic rings. The number of hydrogen-bond donors (Lipinski definition) is 1. The zero-order valence-corrected chi connectivity index (χ0v) is 17.1. The van der Waals surface area contributed by atoms with Gasteiger partial charge in [-0.3, -0.25) is 14.2 Å². The molecule has 0 saturated carbocycles. The van der Waals surface area contributed by atoms with E-state index in [-0.39, 0.29) is 11.7 Å². The highest BCUT2D eigenvalue weighted by Crippen LogP contribution is 2.23. The summed E-state index contributed by atoms with van der Waals surface area (Å²) in [6.45, 7) is 1.49. The van der Waals surface area contributed by atoms with Crippen molar-refractivity contribution in [1.82, 2.24) is 14.8 Å². The smallest absolute Gasteiger partial charge is 0.224 e. The summed E-state index contributed by atoms with van der Waals surface area (Å²) < 4.78 is 7.15. The summed E-state index contributed by atoms with van der Waals surface area (Å²) in [6, 6.07) is 14.7. The van der Waals surface area contributed by atoms with Crippen LogP contribution >= 0.6 is 11.8 Å². The van der Waals surface area contributed by atoms with Gasteiger partial charge in [-0.1, -0.05) is 30.0 Å². The van der Waals surface area contributed by atoms with Gasteiger partial charge in [0.05, 0.1) is 18.5 Å². The Bertz CT molecular complexity index is 1000. The van der Waals surface area contributed by atoms with Crippen molar-refractivity contribution in [3.63, 3.8) is 0 Å². The summed E-state index contributed by atoms with van der Waals surface area (Å²) in [5, 5.41) is 11.7. The second-order valence-electron chi connectivity index (χ2n) is 6.29. The van der Waals surface area contributed by atoms with E-state index in [1.54, 1.807) is 37.7 Å². The molecule has 3 rings (SSSR count). The van der Waals surface area contributed by atoms with Crippen LogP contribution in [0.3, 0.4) is 0 Å². The summed E-state index contributed by atoms with van der Waals surface area (Å²) in [7, 11) is 1.63. The Morgan fingerprint density at radius 1 is 1.17 bits per heavy atom. The number of carbonyl (C=O) groups is 2. The van der Waals surface area contributed by atoms with Crippen LogP contribution in [0, 0.1) is 0 Å². The molecule has 150 valence electrons. The highest BCUT2D eigenvalue weighted by molar-refractivity contribution is 7.99. The number of benzene rings is 2. The third-order valence-corrected chi connectivity index (χ3v) is 5.24. The van der Waals surface area contributed by atoms with E-state index in [9.17, 15) is 9.59 Å². The molecule has 0 aliphatic heterocycles. The minimum atomic E-state index is -0.117. The molecule has 0 unspecified atom stereocenters. The number of nitrogens with one attached hydrogen (secondary N) is 1. The lowest BCUT2D eigenvalue weighted by molar-refractivity contribution is -0.116. The van der Waals surface area contributed by atoms with E-state index in [1.807, 2.05) is 28.8 Å². The molecule has 1 amide bonds. The number of methoxy groups -OCH3 is 1. The molecule has 0 atom stereocenters. The molecule has 2 aromatic carbocycles. The normalized spacial score (nSPS) is 10.6. The van der Waals surface area contributed by atoms with Crippen molar-refractivity contribution in [2.45, 2.75) is 24.9 Å². The molecule has 1 N–H and O–H groups in total. The van der Waals surface area contributed by atoms with Crippen LogP contribution in [0.2, 0.25) is 0 Å². The SMILES string of the molecule is COc1cccc(-n2cnnc2SCCCC(=O)Nc2ccccc2C(C)=O)c1. The first-order valence-corrected chi connectivity index (χ1v) is 10.1. The van der Waals surface area contributed by atoms with E-state index in [1.165, 1.54) is 18.7 Å². The minimum absolute atomic E-state index is 0.0756. The number of carbonyl (C=O) groups excluding carboxylic acids is 2. The highest BCUT2D eigenvalue weighted by Gasteiger charge is 2.11. The molecule has 8 heteroatoms. The fourth-order valence-electron chi connectivity index (χ4n) is 2.77. The monoisotopic (exact) mass is 410 g/mol. The van der Waals surface area contributed by atoms with Gasteiger partial charge in [-0.2, -0.15) is 0 Å². The topological polar surface area (TPSA) is 86.1 Å². The Hall–Kier alpha value is -3.13. The number of amides is 1. The molecule has 0 spiro atoms. The van der Waals surface area contributed by atoms with Gasteiger partial charge in [-0.25, -0.2) is 0 Å². The van der Waals surface area contributed by atoms with E-state index >= 15 is 0 Å². The quantitative estimate of drug-likeness (QED) is 0.326. The van der Waals surface area contributed by atoms with Crippen LogP contribution < -0.4 is 10.1 Å². The van der Waals surface area contributed by atoms with Crippen LogP contribution in [0.4, 0.5) is 5.69 Å². The number of nitrogens with zero attached hydrogens (tertiary/aromatic N) is 3. The van der Waals surface area contributed by atoms with Gasteiger partial charge < -0.3 is 10.1 Å². The largest absolute Gasteiger partial charge is 0.497 e. The highest BCUT2D eigenvalue weighted by atomic mass is 32.2. The average Bonchev–Trinajstić information content (AvgIpc) is 3.20. The maximum Gasteiger partial charge on any atom is 0.224 e. The molecule has 1 aromatic heterocycles. The molecular formula is C21H22N4O3S. The molecule has 0 saturated heterocycles. The third kappa shape index (κ3) is 5.45. The van der Waals surface area contributed by atoms with Gasteiger partial charge in [0, 0.05) is 23.8 Å². The average molecular weight is 410 g/mol. The van der Waals surface area contributed by atoms with Crippen LogP contribution in [-0.2, 0) is 4.79 Å². The molecule has 7 nitrogen and oxygen atoms in total. The van der Waals surface area contributed by atoms with Crippen LogP contribution in [0.5, 0.6) is 5.75 Å². The van der Waals surface area contributed by atoms with Crippen molar-refractivity contribution < 1.29 is 14.3 Å². The first-order chi connectivity index (χ1) is 14.1. The number of hydrogen-bond acceptors (Lipinski definition) is 6. The Morgan fingerprint density at radius 2 is 2.00 bits per heavy atom. The van der Waals surface area contributed by atoms with Gasteiger partial charge in [0.1, 0.15) is 12.1 Å². The third-order valence-electron chi connectivity index (χ3n) is 4.21. The number of rotatable bonds is 9. The number of Topliss-reactive ketones (excluding diaryl/α,β-unsaturated/α-hetero) is 1. The maximum absolute atomic E-state index is 12.2. The predicted octanol–water partition coefficient (Wildman–Crippen LogP) is 3.99. The first-order valence-electron chi connectivity index (χ1n) is 9.15. The molecule has 0 radical (unpaired) electrons. The maximum atomic E-state index is 12.2. The zero-order valence-electron chi connectivity index (χ0n) is 16.3. The zero-order chi connectivity index (χ0) is 20.6. The van der Waals surface area contributed by atoms with Crippen molar-refractivity contribution >= 4 is 29.1 Å². The number of aromatic nitrogens is 3. The number of thioether (sulfide) groups is 1. The van der Waals surface area contributed by atoms with Crippen LogP contribution in [-0.4, -0.2) is 39.3 Å². The molecule has 3 aromatic rings. The first kappa shape index (κ1) is 20.6. The summed E-state index contributed by atoms with van der Waals surface area (Å²) in [6.07, 6.45) is 2.68. The molecule has 0 aliphatic carbocycles. The van der Waals surface area contributed by atoms with E-state index in [2.05, 4.69) is 15.5 Å². The number of ketones is 1. The van der Waals surface area contributed by atoms with Gasteiger partial charge in [0.15, 0.2) is 10.9 Å². The van der Waals surface area contributed by atoms with Gasteiger partial charge in [0.2, 0.25) is 5.91 Å². The van der Waals surface area contributed by atoms with E-state index in [4.69, 9.17) is 4.74 Å². The lowest BCUT2D eigenvalue weighted by Crippen LogP contribution is -2.14. The van der Waals surface area contributed by atoms with E-state index in [0.717, 1.165) is 16.6 Å². The second-order valence-corrected chi connectivity index (χ2v) is 7.35. The molecular weight excluding hydrogens is 388 g/mol. The molecule has 0 fully saturated rings. The minimum Gasteiger partial charge on any atom is -0.497 e. The van der Waals surface area contributed by atoms with Crippen molar-refractivity contribution in [3.8, 4) is 11.4 Å². The molecule has 0 bridgehead atoms. The van der Waals surface area contributed by atoms with Crippen molar-refractivity contribution in [3.05, 3.63) is 60.4 Å². The van der Waals surface area contributed by atoms with E-state index < -0.39 is 0 Å². The summed E-state index contributed by atoms with van der Waals surface area (Å²) >= 11 is 1.53. The molecule has 1 heterocycles. The van der Waals surface area contributed by atoms with Crippen LogP contribution in [0.1, 0.15) is 30.1 Å². The predicted molar refractivity (Wildman–Crippen MR) is 113 cm³/mol. The molecule has 29 heavy (non-hydrogen) atoms. The van der Waals surface area contributed by atoms with Crippen molar-refractivity contribution in [2.24, 2.45) is 0 Å². The Kier molecular flexibility index (Phi) is 7.02. The number of para-hydroxylation sites is 1. The summed E-state index contributed by atoms with van der Waals surface area (Å²) in [5.74, 6) is 1.28. The number of anilines is 1. The standard InChI is InChI=1S/C21H22N4O3S/c1-15(26)18-9-3-4-10-19(18)23-20(27)11-6-12-29-21-24-22-14-25(21)16-7-5-8-17(13-16)28-2/h3-5,7-10,13-14H,6,11-12H2,1-2H3,(H,23,27). The Labute approximate surface area is 173 Å². The van der Waals surface area contributed by atoms with Crippen molar-refractivity contribution in [1.29, 1.82) is 0 Å². The number of ether oxygens (including phenoxy) is 1.